The van der Waals surface area contributed by atoms with Crippen LogP contribution in [0, 0.1) is 11.3 Å². The van der Waals surface area contributed by atoms with Crippen molar-refractivity contribution in [3.05, 3.63) is 11.6 Å². The smallest absolute Gasteiger partial charge is 0.150 e. The first-order valence-electron chi connectivity index (χ1n) is 6.07. The molecule has 0 aliphatic carbocycles. The summed E-state index contributed by atoms with van der Waals surface area (Å²) in [5, 5.41) is 8.56. The van der Waals surface area contributed by atoms with E-state index in [1.54, 1.807) is 0 Å². The summed E-state index contributed by atoms with van der Waals surface area (Å²) in [4.78, 5) is 0. The van der Waals surface area contributed by atoms with Gasteiger partial charge >= 0.3 is 0 Å². The lowest BCUT2D eigenvalue weighted by atomic mass is 9.86. The van der Waals surface area contributed by atoms with Gasteiger partial charge in [-0.25, -0.2) is 0 Å². The molecule has 2 heterocycles. The zero-order chi connectivity index (χ0) is 11.9. The normalized spacial score (nSPS) is 22.9. The minimum atomic E-state index is -0.0397. The quantitative estimate of drug-likeness (QED) is 0.789. The Kier molecular flexibility index (Phi) is 2.78. The van der Waals surface area contributed by atoms with E-state index in [1.807, 2.05) is 0 Å². The Morgan fingerprint density at radius 3 is 2.69 bits per heavy atom. The minimum absolute atomic E-state index is 0.0346. The molecule has 0 fully saturated rings. The molecule has 4 heteroatoms. The van der Waals surface area contributed by atoms with Crippen LogP contribution in [0.25, 0.3) is 0 Å². The number of hydrogen-bond acceptors (Lipinski definition) is 3. The molecule has 0 saturated heterocycles. The third-order valence-electron chi connectivity index (χ3n) is 3.44. The highest BCUT2D eigenvalue weighted by molar-refractivity contribution is 5.06. The van der Waals surface area contributed by atoms with Gasteiger partial charge in [0.1, 0.15) is 5.82 Å². The monoisotopic (exact) mass is 222 g/mol. The molecule has 0 amide bonds. The highest BCUT2D eigenvalue weighted by Gasteiger charge is 2.29. The number of hydrogen-bond donors (Lipinski definition) is 1. The van der Waals surface area contributed by atoms with Crippen LogP contribution in [0.4, 0.5) is 0 Å². The highest BCUT2D eigenvalue weighted by atomic mass is 15.3. The molecular weight excluding hydrogens is 200 g/mol. The first kappa shape index (κ1) is 11.6. The maximum absolute atomic E-state index is 6.25. The molecule has 0 aromatic carbocycles. The van der Waals surface area contributed by atoms with Crippen molar-refractivity contribution < 1.29 is 0 Å². The second-order valence-electron chi connectivity index (χ2n) is 6.07. The Balaban J connectivity index is 2.31. The Labute approximate surface area is 97.2 Å². The zero-order valence-corrected chi connectivity index (χ0v) is 10.7. The molecular formula is C12H22N4. The third-order valence-corrected chi connectivity index (χ3v) is 3.44. The molecule has 0 bridgehead atoms. The summed E-state index contributed by atoms with van der Waals surface area (Å²) in [5.41, 5.74) is 6.29. The van der Waals surface area contributed by atoms with Crippen molar-refractivity contribution in [3.63, 3.8) is 0 Å². The van der Waals surface area contributed by atoms with E-state index in [4.69, 9.17) is 5.73 Å². The van der Waals surface area contributed by atoms with Crippen molar-refractivity contribution in [2.45, 2.75) is 53.1 Å². The molecule has 1 aliphatic rings. The average Bonchev–Trinajstić information content (AvgIpc) is 2.57. The Hall–Kier alpha value is -0.900. The summed E-state index contributed by atoms with van der Waals surface area (Å²) in [6.07, 6.45) is 2.23. The molecule has 1 aliphatic heterocycles. The van der Waals surface area contributed by atoms with E-state index in [0.29, 0.717) is 0 Å². The van der Waals surface area contributed by atoms with Gasteiger partial charge in [-0.3, -0.25) is 0 Å². The fourth-order valence-corrected chi connectivity index (χ4v) is 2.12. The van der Waals surface area contributed by atoms with Crippen molar-refractivity contribution in [2.75, 3.05) is 0 Å². The molecule has 2 N–H and O–H groups in total. The van der Waals surface area contributed by atoms with Gasteiger partial charge in [-0.05, 0) is 17.8 Å². The lowest BCUT2D eigenvalue weighted by molar-refractivity contribution is 0.298. The van der Waals surface area contributed by atoms with Crippen LogP contribution in [0.1, 0.15) is 51.8 Å². The lowest BCUT2D eigenvalue weighted by Gasteiger charge is -2.28. The minimum Gasteiger partial charge on any atom is -0.321 e. The Bertz CT molecular complexity index is 375. The second-order valence-corrected chi connectivity index (χ2v) is 6.07. The maximum atomic E-state index is 6.25. The molecule has 1 aromatic rings. The fourth-order valence-electron chi connectivity index (χ4n) is 2.12. The van der Waals surface area contributed by atoms with Crippen LogP contribution in [-0.2, 0) is 13.0 Å². The van der Waals surface area contributed by atoms with Gasteiger partial charge < -0.3 is 10.3 Å². The van der Waals surface area contributed by atoms with Crippen LogP contribution < -0.4 is 5.73 Å². The molecule has 0 saturated carbocycles. The summed E-state index contributed by atoms with van der Waals surface area (Å²) < 4.78 is 2.22. The lowest BCUT2D eigenvalue weighted by Crippen LogP contribution is -2.31. The van der Waals surface area contributed by atoms with Crippen LogP contribution in [0.15, 0.2) is 0 Å². The van der Waals surface area contributed by atoms with Gasteiger partial charge in [-0.15, -0.1) is 10.2 Å². The SMILES string of the molecule is CC1CCn2c(nnc2C(N)C(C)(C)C)C1. The van der Waals surface area contributed by atoms with Crippen molar-refractivity contribution in [1.29, 1.82) is 0 Å². The van der Waals surface area contributed by atoms with Gasteiger partial charge in [0, 0.05) is 13.0 Å². The third kappa shape index (κ3) is 1.98. The standard InChI is InChI=1S/C12H22N4/c1-8-5-6-16-9(7-8)14-15-11(16)10(13)12(2,3)4/h8,10H,5-7,13H2,1-4H3. The van der Waals surface area contributed by atoms with E-state index < -0.39 is 0 Å². The molecule has 0 radical (unpaired) electrons. The first-order chi connectivity index (χ1) is 7.39. The predicted molar refractivity (Wildman–Crippen MR) is 63.9 cm³/mol. The molecule has 16 heavy (non-hydrogen) atoms. The van der Waals surface area contributed by atoms with Crippen molar-refractivity contribution in [1.82, 2.24) is 14.8 Å². The van der Waals surface area contributed by atoms with Gasteiger partial charge in [0.05, 0.1) is 6.04 Å². The van der Waals surface area contributed by atoms with E-state index in [-0.39, 0.29) is 11.5 Å². The summed E-state index contributed by atoms with van der Waals surface area (Å²) in [7, 11) is 0. The molecule has 2 unspecified atom stereocenters. The Morgan fingerprint density at radius 2 is 2.06 bits per heavy atom. The van der Waals surface area contributed by atoms with Gasteiger partial charge in [-0.1, -0.05) is 27.7 Å². The van der Waals surface area contributed by atoms with E-state index >= 15 is 0 Å². The highest BCUT2D eigenvalue weighted by Crippen LogP contribution is 2.31. The molecule has 2 atom stereocenters. The maximum Gasteiger partial charge on any atom is 0.150 e. The predicted octanol–water partition coefficient (Wildman–Crippen LogP) is 1.91. The number of nitrogens with zero attached hydrogens (tertiary/aromatic N) is 3. The van der Waals surface area contributed by atoms with Crippen molar-refractivity contribution >= 4 is 0 Å². The summed E-state index contributed by atoms with van der Waals surface area (Å²) in [6.45, 7) is 9.71. The van der Waals surface area contributed by atoms with E-state index in [2.05, 4.69) is 42.5 Å². The number of aromatic nitrogens is 3. The summed E-state index contributed by atoms with van der Waals surface area (Å²) in [6, 6.07) is -0.0397. The number of fused-ring (bicyclic) bond motifs is 1. The molecule has 2 rings (SSSR count). The van der Waals surface area contributed by atoms with E-state index in [0.717, 1.165) is 30.5 Å². The summed E-state index contributed by atoms with van der Waals surface area (Å²) in [5.74, 6) is 2.78. The average molecular weight is 222 g/mol. The summed E-state index contributed by atoms with van der Waals surface area (Å²) >= 11 is 0. The first-order valence-corrected chi connectivity index (χ1v) is 6.07. The van der Waals surface area contributed by atoms with E-state index in [9.17, 15) is 0 Å². The Morgan fingerprint density at radius 1 is 1.38 bits per heavy atom. The van der Waals surface area contributed by atoms with Crippen molar-refractivity contribution in [2.24, 2.45) is 17.1 Å². The molecule has 0 spiro atoms. The molecule has 4 nitrogen and oxygen atoms in total. The largest absolute Gasteiger partial charge is 0.321 e. The number of nitrogens with two attached hydrogens (primary N) is 1. The van der Waals surface area contributed by atoms with Gasteiger partial charge in [-0.2, -0.15) is 0 Å². The van der Waals surface area contributed by atoms with Gasteiger partial charge in [0.15, 0.2) is 5.82 Å². The van der Waals surface area contributed by atoms with Gasteiger partial charge in [0.2, 0.25) is 0 Å². The van der Waals surface area contributed by atoms with Crippen molar-refractivity contribution in [3.8, 4) is 0 Å². The fraction of sp³-hybridized carbons (Fsp3) is 0.833. The van der Waals surface area contributed by atoms with E-state index in [1.165, 1.54) is 6.42 Å². The zero-order valence-electron chi connectivity index (χ0n) is 10.7. The van der Waals surface area contributed by atoms with Crippen LogP contribution in [-0.4, -0.2) is 14.8 Å². The molecule has 1 aromatic heterocycles. The van der Waals surface area contributed by atoms with Gasteiger partial charge in [0.25, 0.3) is 0 Å². The van der Waals surface area contributed by atoms with Crippen LogP contribution in [0.3, 0.4) is 0 Å². The van der Waals surface area contributed by atoms with Crippen LogP contribution >= 0.6 is 0 Å². The topological polar surface area (TPSA) is 56.7 Å². The van der Waals surface area contributed by atoms with Crippen LogP contribution in [0.5, 0.6) is 0 Å². The number of rotatable bonds is 1. The second kappa shape index (κ2) is 3.84. The van der Waals surface area contributed by atoms with Crippen LogP contribution in [0.2, 0.25) is 0 Å². The molecule has 90 valence electrons.